The normalized spacial score (nSPS) is 11.9. The average molecular weight is 380 g/mol. The lowest BCUT2D eigenvalue weighted by Crippen LogP contribution is -2.08. The van der Waals surface area contributed by atoms with Crippen LogP contribution in [0, 0.1) is 3.57 Å². The van der Waals surface area contributed by atoms with Gasteiger partial charge >= 0.3 is 6.18 Å². The predicted octanol–water partition coefficient (Wildman–Crippen LogP) is 3.53. The summed E-state index contributed by atoms with van der Waals surface area (Å²) in [5, 5.41) is 0. The van der Waals surface area contributed by atoms with Gasteiger partial charge in [0.25, 0.3) is 0 Å². The topological polar surface area (TPSA) is 26.0 Å². The number of halogens is 5. The van der Waals surface area contributed by atoms with Crippen molar-refractivity contribution in [3.63, 3.8) is 0 Å². The monoisotopic (exact) mass is 379 g/mol. The van der Waals surface area contributed by atoms with Crippen LogP contribution in [0.5, 0.6) is 0 Å². The highest BCUT2D eigenvalue weighted by molar-refractivity contribution is 14.1. The van der Waals surface area contributed by atoms with Gasteiger partial charge in [-0.25, -0.2) is 0 Å². The van der Waals surface area contributed by atoms with E-state index in [1.165, 1.54) is 0 Å². The van der Waals surface area contributed by atoms with Gasteiger partial charge in [0.05, 0.1) is 5.56 Å². The minimum Gasteiger partial charge on any atom is -0.326 e. The van der Waals surface area contributed by atoms with E-state index >= 15 is 0 Å². The molecule has 1 nitrogen and oxygen atoms in total. The van der Waals surface area contributed by atoms with Crippen LogP contribution in [0.25, 0.3) is 0 Å². The summed E-state index contributed by atoms with van der Waals surface area (Å²) in [7, 11) is 0. The summed E-state index contributed by atoms with van der Waals surface area (Å²) in [6, 6.07) is 2.14. The zero-order chi connectivity index (χ0) is 10.9. The van der Waals surface area contributed by atoms with Crippen LogP contribution < -0.4 is 5.73 Å². The molecule has 0 bridgehead atoms. The quantitative estimate of drug-likeness (QED) is 0.742. The zero-order valence-electron chi connectivity index (χ0n) is 6.83. The first-order valence-electron chi connectivity index (χ1n) is 3.61. The molecule has 0 unspecified atom stereocenters. The van der Waals surface area contributed by atoms with Gasteiger partial charge in [-0.1, -0.05) is 15.9 Å². The number of alkyl halides is 3. The van der Waals surface area contributed by atoms with E-state index in [1.54, 1.807) is 0 Å². The number of rotatable bonds is 1. The molecule has 0 atom stereocenters. The predicted molar refractivity (Wildman–Crippen MR) is 59.8 cm³/mol. The first-order chi connectivity index (χ1) is 6.36. The van der Waals surface area contributed by atoms with Crippen molar-refractivity contribution in [1.82, 2.24) is 0 Å². The van der Waals surface area contributed by atoms with Gasteiger partial charge < -0.3 is 5.73 Å². The van der Waals surface area contributed by atoms with E-state index in [2.05, 4.69) is 15.9 Å². The van der Waals surface area contributed by atoms with Crippen molar-refractivity contribution >= 4 is 38.5 Å². The van der Waals surface area contributed by atoms with Crippen LogP contribution in [-0.2, 0) is 12.7 Å². The van der Waals surface area contributed by atoms with E-state index in [4.69, 9.17) is 5.73 Å². The van der Waals surface area contributed by atoms with Gasteiger partial charge in [0.15, 0.2) is 0 Å². The summed E-state index contributed by atoms with van der Waals surface area (Å²) in [5.41, 5.74) is 5.43. The van der Waals surface area contributed by atoms with Crippen LogP contribution >= 0.6 is 38.5 Å². The van der Waals surface area contributed by atoms with Gasteiger partial charge in [-0.2, -0.15) is 13.2 Å². The summed E-state index contributed by atoms with van der Waals surface area (Å²) in [6.45, 7) is 0.219. The van der Waals surface area contributed by atoms with Crippen LogP contribution in [0.2, 0.25) is 0 Å². The van der Waals surface area contributed by atoms with Crippen LogP contribution in [0.1, 0.15) is 11.1 Å². The van der Waals surface area contributed by atoms with Crippen LogP contribution in [0.3, 0.4) is 0 Å². The Hall–Kier alpha value is 0.180. The van der Waals surface area contributed by atoms with Crippen LogP contribution in [0.4, 0.5) is 13.2 Å². The Morgan fingerprint density at radius 3 is 2.29 bits per heavy atom. The maximum Gasteiger partial charge on any atom is 0.416 e. The molecule has 1 rings (SSSR count). The fraction of sp³-hybridized carbons (Fsp3) is 0.250. The molecule has 0 spiro atoms. The fourth-order valence-electron chi connectivity index (χ4n) is 0.962. The molecule has 1 aromatic carbocycles. The van der Waals surface area contributed by atoms with Crippen molar-refractivity contribution < 1.29 is 13.2 Å². The van der Waals surface area contributed by atoms with E-state index in [1.807, 2.05) is 22.6 Å². The largest absolute Gasteiger partial charge is 0.416 e. The van der Waals surface area contributed by atoms with Gasteiger partial charge in [0, 0.05) is 14.6 Å². The highest BCUT2D eigenvalue weighted by Crippen LogP contribution is 2.34. The number of nitrogens with two attached hydrogens (primary N) is 1. The molecule has 0 amide bonds. The van der Waals surface area contributed by atoms with E-state index in [9.17, 15) is 13.2 Å². The summed E-state index contributed by atoms with van der Waals surface area (Å²) in [5.74, 6) is 0. The molecule has 6 heteroatoms. The second kappa shape index (κ2) is 4.36. The molecule has 14 heavy (non-hydrogen) atoms. The number of hydrogen-bond acceptors (Lipinski definition) is 1. The minimum absolute atomic E-state index is 0.219. The molecule has 0 saturated heterocycles. The molecule has 2 N–H and O–H groups in total. The van der Waals surface area contributed by atoms with Gasteiger partial charge in [-0.15, -0.1) is 0 Å². The van der Waals surface area contributed by atoms with Crippen LogP contribution in [0.15, 0.2) is 16.6 Å². The smallest absolute Gasteiger partial charge is 0.326 e. The van der Waals surface area contributed by atoms with Gasteiger partial charge in [-0.3, -0.25) is 0 Å². The van der Waals surface area contributed by atoms with Crippen molar-refractivity contribution in [2.24, 2.45) is 5.73 Å². The summed E-state index contributed by atoms with van der Waals surface area (Å²) in [4.78, 5) is 0. The SMILES string of the molecule is NCc1c(Br)cc(C(F)(F)F)cc1I. The first kappa shape index (κ1) is 12.3. The van der Waals surface area contributed by atoms with Crippen molar-refractivity contribution in [3.05, 3.63) is 31.3 Å². The molecule has 0 saturated carbocycles. The molecular weight excluding hydrogens is 374 g/mol. The summed E-state index contributed by atoms with van der Waals surface area (Å²) in [6.07, 6.45) is -4.31. The van der Waals surface area contributed by atoms with Gasteiger partial charge in [0.2, 0.25) is 0 Å². The third-order valence-corrected chi connectivity index (χ3v) is 3.34. The molecule has 0 aliphatic rings. The third kappa shape index (κ3) is 2.60. The Labute approximate surface area is 101 Å². The Kier molecular flexibility index (Phi) is 3.81. The molecule has 0 fully saturated rings. The lowest BCUT2D eigenvalue weighted by Gasteiger charge is -2.11. The molecule has 0 aliphatic carbocycles. The Morgan fingerprint density at radius 2 is 1.93 bits per heavy atom. The van der Waals surface area contributed by atoms with Crippen molar-refractivity contribution in [2.45, 2.75) is 12.7 Å². The van der Waals surface area contributed by atoms with Crippen molar-refractivity contribution in [1.29, 1.82) is 0 Å². The molecule has 0 aliphatic heterocycles. The fourth-order valence-corrected chi connectivity index (χ4v) is 2.80. The third-order valence-electron chi connectivity index (χ3n) is 1.67. The van der Waals surface area contributed by atoms with Gasteiger partial charge in [0.1, 0.15) is 0 Å². The molecule has 0 radical (unpaired) electrons. The highest BCUT2D eigenvalue weighted by Gasteiger charge is 2.31. The van der Waals surface area contributed by atoms with E-state index in [-0.39, 0.29) is 6.54 Å². The Bertz CT molecular complexity index is 328. The zero-order valence-corrected chi connectivity index (χ0v) is 10.6. The lowest BCUT2D eigenvalue weighted by atomic mass is 10.1. The van der Waals surface area contributed by atoms with E-state index < -0.39 is 11.7 Å². The average Bonchev–Trinajstić information content (AvgIpc) is 2.01. The van der Waals surface area contributed by atoms with Gasteiger partial charge in [-0.05, 0) is 40.3 Å². The second-order valence-electron chi connectivity index (χ2n) is 2.62. The summed E-state index contributed by atoms with van der Waals surface area (Å²) >= 11 is 4.91. The van der Waals surface area contributed by atoms with Crippen molar-refractivity contribution in [2.75, 3.05) is 0 Å². The standard InChI is InChI=1S/C8H6BrF3IN/c9-6-1-4(8(10,11)12)2-7(13)5(6)3-14/h1-2H,3,14H2. The summed E-state index contributed by atoms with van der Waals surface area (Å²) < 4.78 is 37.9. The van der Waals surface area contributed by atoms with Crippen molar-refractivity contribution in [3.8, 4) is 0 Å². The highest BCUT2D eigenvalue weighted by atomic mass is 127. The number of hydrogen-bond donors (Lipinski definition) is 1. The van der Waals surface area contributed by atoms with E-state index in [0.29, 0.717) is 13.6 Å². The number of benzene rings is 1. The molecule has 78 valence electrons. The van der Waals surface area contributed by atoms with E-state index in [0.717, 1.165) is 12.1 Å². The minimum atomic E-state index is -4.31. The molecule has 0 heterocycles. The van der Waals surface area contributed by atoms with Crippen LogP contribution in [-0.4, -0.2) is 0 Å². The maximum absolute atomic E-state index is 12.3. The maximum atomic E-state index is 12.3. The first-order valence-corrected chi connectivity index (χ1v) is 5.48. The Balaban J connectivity index is 3.28. The Morgan fingerprint density at radius 1 is 1.36 bits per heavy atom. The molecule has 1 aromatic rings. The molecule has 0 aromatic heterocycles. The lowest BCUT2D eigenvalue weighted by molar-refractivity contribution is -0.137. The second-order valence-corrected chi connectivity index (χ2v) is 4.64. The molecular formula is C8H6BrF3IN.